The molecule has 0 spiro atoms. The third-order valence-electron chi connectivity index (χ3n) is 3.30. The van der Waals surface area contributed by atoms with E-state index in [4.69, 9.17) is 23.2 Å². The molecular weight excluding hydrogens is 375 g/mol. The van der Waals surface area contributed by atoms with Crippen LogP contribution in [0.2, 0.25) is 10.0 Å². The van der Waals surface area contributed by atoms with E-state index in [1.54, 1.807) is 18.2 Å². The first kappa shape index (κ1) is 20.8. The Hall–Kier alpha value is -1.25. The van der Waals surface area contributed by atoms with E-state index in [0.29, 0.717) is 22.4 Å². The Balaban J connectivity index is 0.00000288. The number of anilines is 1. The first-order chi connectivity index (χ1) is 11.1. The van der Waals surface area contributed by atoms with E-state index in [1.807, 2.05) is 0 Å². The molecule has 0 aromatic heterocycles. The number of benzene rings is 1. The molecule has 1 aromatic carbocycles. The number of nitrogens with zero attached hydrogens (tertiary/aromatic N) is 2. The number of guanidine groups is 1. The number of nitrogens with one attached hydrogen (secondary N) is 4. The standard InChI is InChI=1S/C14H20Cl2N6O.ClH/c1-17-14(23)21-13(19-9-22-7-5-18-6-8-22)20-12-10(15)3-2-4-11(12)16;/h2-4,18H,5-9H2,1H3,(H3,17,19,20,21,23);1H. The Morgan fingerprint density at radius 3 is 2.50 bits per heavy atom. The highest BCUT2D eigenvalue weighted by atomic mass is 35.5. The molecule has 1 aliphatic heterocycles. The molecule has 7 nitrogen and oxygen atoms in total. The summed E-state index contributed by atoms with van der Waals surface area (Å²) in [5.41, 5.74) is 0.506. The molecule has 0 saturated carbocycles. The molecule has 1 heterocycles. The third kappa shape index (κ3) is 6.33. The Labute approximate surface area is 157 Å². The lowest BCUT2D eigenvalue weighted by molar-refractivity contribution is 0.245. The van der Waals surface area contributed by atoms with E-state index in [2.05, 4.69) is 31.2 Å². The van der Waals surface area contributed by atoms with Gasteiger partial charge in [-0.3, -0.25) is 10.2 Å². The van der Waals surface area contributed by atoms with Crippen LogP contribution < -0.4 is 21.3 Å². The van der Waals surface area contributed by atoms with Gasteiger partial charge in [0.1, 0.15) is 0 Å². The van der Waals surface area contributed by atoms with E-state index in [-0.39, 0.29) is 24.4 Å². The molecule has 0 aliphatic carbocycles. The second-order valence-electron chi connectivity index (χ2n) is 4.94. The monoisotopic (exact) mass is 394 g/mol. The Bertz CT molecular complexity index is 557. The van der Waals surface area contributed by atoms with Crippen molar-refractivity contribution in [2.75, 3.05) is 45.2 Å². The topological polar surface area (TPSA) is 80.8 Å². The number of aliphatic imine (C=N–C) groups is 1. The summed E-state index contributed by atoms with van der Waals surface area (Å²) in [5.74, 6) is 0.290. The fourth-order valence-corrected chi connectivity index (χ4v) is 2.53. The maximum Gasteiger partial charge on any atom is 0.321 e. The summed E-state index contributed by atoms with van der Waals surface area (Å²) >= 11 is 12.3. The molecule has 0 atom stereocenters. The lowest BCUT2D eigenvalue weighted by Crippen LogP contribution is -2.45. The van der Waals surface area contributed by atoms with Gasteiger partial charge in [-0.15, -0.1) is 12.4 Å². The molecule has 1 aliphatic rings. The molecule has 1 fully saturated rings. The van der Waals surface area contributed by atoms with Crippen LogP contribution in [-0.2, 0) is 0 Å². The van der Waals surface area contributed by atoms with Gasteiger partial charge in [0.2, 0.25) is 5.96 Å². The Morgan fingerprint density at radius 1 is 1.29 bits per heavy atom. The number of hydrogen-bond donors (Lipinski definition) is 4. The molecule has 0 radical (unpaired) electrons. The van der Waals surface area contributed by atoms with Crippen molar-refractivity contribution < 1.29 is 4.79 Å². The van der Waals surface area contributed by atoms with Gasteiger partial charge in [-0.05, 0) is 12.1 Å². The van der Waals surface area contributed by atoms with Gasteiger partial charge in [0.15, 0.2) is 0 Å². The van der Waals surface area contributed by atoms with Crippen molar-refractivity contribution in [3.63, 3.8) is 0 Å². The van der Waals surface area contributed by atoms with Crippen LogP contribution in [0.4, 0.5) is 10.5 Å². The molecule has 2 rings (SSSR count). The second kappa shape index (κ2) is 10.6. The van der Waals surface area contributed by atoms with Gasteiger partial charge in [-0.25, -0.2) is 9.79 Å². The smallest absolute Gasteiger partial charge is 0.321 e. The van der Waals surface area contributed by atoms with Crippen LogP contribution in [0, 0.1) is 0 Å². The molecule has 2 amide bonds. The van der Waals surface area contributed by atoms with Gasteiger partial charge in [0.25, 0.3) is 0 Å². The fourth-order valence-electron chi connectivity index (χ4n) is 2.04. The molecule has 134 valence electrons. The summed E-state index contributed by atoms with van der Waals surface area (Å²) in [6.07, 6.45) is 0. The van der Waals surface area contributed by atoms with Crippen LogP contribution in [0.25, 0.3) is 0 Å². The van der Waals surface area contributed by atoms with Gasteiger partial charge >= 0.3 is 6.03 Å². The number of rotatable bonds is 3. The average Bonchev–Trinajstić information content (AvgIpc) is 2.56. The van der Waals surface area contributed by atoms with Crippen LogP contribution in [0.3, 0.4) is 0 Å². The zero-order valence-electron chi connectivity index (χ0n) is 13.2. The summed E-state index contributed by atoms with van der Waals surface area (Å²) in [4.78, 5) is 18.2. The van der Waals surface area contributed by atoms with Gasteiger partial charge in [-0.2, -0.15) is 0 Å². The van der Waals surface area contributed by atoms with Gasteiger partial charge in [0.05, 0.1) is 22.4 Å². The molecule has 1 aromatic rings. The summed E-state index contributed by atoms with van der Waals surface area (Å²) in [6, 6.07) is 4.80. The normalized spacial score (nSPS) is 15.4. The highest BCUT2D eigenvalue weighted by molar-refractivity contribution is 6.39. The van der Waals surface area contributed by atoms with Crippen molar-refractivity contribution >= 4 is 53.3 Å². The van der Waals surface area contributed by atoms with Gasteiger partial charge in [-0.1, -0.05) is 29.3 Å². The Kier molecular flexibility index (Phi) is 9.17. The number of para-hydroxylation sites is 1. The van der Waals surface area contributed by atoms with E-state index < -0.39 is 0 Å². The lowest BCUT2D eigenvalue weighted by Gasteiger charge is -2.25. The van der Waals surface area contributed by atoms with Crippen molar-refractivity contribution in [2.45, 2.75) is 0 Å². The highest BCUT2D eigenvalue weighted by Gasteiger charge is 2.12. The number of piperazine rings is 1. The van der Waals surface area contributed by atoms with Gasteiger partial charge in [0, 0.05) is 33.2 Å². The molecule has 24 heavy (non-hydrogen) atoms. The minimum atomic E-state index is -0.375. The van der Waals surface area contributed by atoms with Crippen molar-refractivity contribution in [3.05, 3.63) is 28.2 Å². The number of carbonyl (C=O) groups excluding carboxylic acids is 1. The summed E-state index contributed by atoms with van der Waals surface area (Å²) < 4.78 is 0. The SMILES string of the molecule is CNC(=O)NC(=NCN1CCNCC1)Nc1c(Cl)cccc1Cl.Cl. The maximum absolute atomic E-state index is 11.6. The van der Waals surface area contributed by atoms with Crippen LogP contribution in [0.15, 0.2) is 23.2 Å². The zero-order valence-corrected chi connectivity index (χ0v) is 15.6. The molecule has 0 bridgehead atoms. The quantitative estimate of drug-likeness (QED) is 0.466. The van der Waals surface area contributed by atoms with E-state index in [9.17, 15) is 4.79 Å². The number of carbonyl (C=O) groups is 1. The van der Waals surface area contributed by atoms with Crippen molar-refractivity contribution in [1.82, 2.24) is 20.9 Å². The first-order valence-electron chi connectivity index (χ1n) is 7.27. The van der Waals surface area contributed by atoms with E-state index in [0.717, 1.165) is 26.2 Å². The number of hydrogen-bond acceptors (Lipinski definition) is 4. The van der Waals surface area contributed by atoms with Crippen molar-refractivity contribution in [2.24, 2.45) is 4.99 Å². The molecular formula is C14H21Cl3N6O. The van der Waals surface area contributed by atoms with Crippen molar-refractivity contribution in [3.8, 4) is 0 Å². The van der Waals surface area contributed by atoms with E-state index in [1.165, 1.54) is 7.05 Å². The number of amides is 2. The number of halogens is 3. The maximum atomic E-state index is 11.6. The lowest BCUT2D eigenvalue weighted by atomic mass is 10.3. The van der Waals surface area contributed by atoms with Crippen LogP contribution in [-0.4, -0.2) is 56.8 Å². The predicted octanol–water partition coefficient (Wildman–Crippen LogP) is 1.97. The summed E-state index contributed by atoms with van der Waals surface area (Å²) in [7, 11) is 1.53. The first-order valence-corrected chi connectivity index (χ1v) is 8.03. The zero-order chi connectivity index (χ0) is 16.7. The molecule has 4 N–H and O–H groups in total. The summed E-state index contributed by atoms with van der Waals surface area (Å²) in [6.45, 7) is 4.14. The highest BCUT2D eigenvalue weighted by Crippen LogP contribution is 2.29. The van der Waals surface area contributed by atoms with E-state index >= 15 is 0 Å². The van der Waals surface area contributed by atoms with Crippen molar-refractivity contribution in [1.29, 1.82) is 0 Å². The minimum Gasteiger partial charge on any atom is -0.341 e. The molecule has 10 heteroatoms. The van der Waals surface area contributed by atoms with Crippen LogP contribution in [0.1, 0.15) is 0 Å². The Morgan fingerprint density at radius 2 is 1.92 bits per heavy atom. The second-order valence-corrected chi connectivity index (χ2v) is 5.76. The minimum absolute atomic E-state index is 0. The largest absolute Gasteiger partial charge is 0.341 e. The van der Waals surface area contributed by atoms with Crippen LogP contribution >= 0.6 is 35.6 Å². The molecule has 1 saturated heterocycles. The third-order valence-corrected chi connectivity index (χ3v) is 3.93. The van der Waals surface area contributed by atoms with Gasteiger partial charge < -0.3 is 16.0 Å². The number of urea groups is 1. The predicted molar refractivity (Wildman–Crippen MR) is 102 cm³/mol. The molecule has 0 unspecified atom stereocenters. The fraction of sp³-hybridized carbons (Fsp3) is 0.429. The van der Waals surface area contributed by atoms with Crippen LogP contribution in [0.5, 0.6) is 0 Å². The summed E-state index contributed by atoms with van der Waals surface area (Å²) in [5, 5.41) is 12.3. The average molecular weight is 396 g/mol.